The molecule has 0 spiro atoms. The molecule has 22 heavy (non-hydrogen) atoms. The van der Waals surface area contributed by atoms with Crippen LogP contribution in [0.3, 0.4) is 0 Å². The third-order valence-electron chi connectivity index (χ3n) is 3.38. The van der Waals surface area contributed by atoms with E-state index in [0.29, 0.717) is 18.1 Å². The molecule has 5 heteroatoms. The summed E-state index contributed by atoms with van der Waals surface area (Å²) in [6.45, 7) is 3.88. The van der Waals surface area contributed by atoms with Crippen LogP contribution in [-0.4, -0.2) is 20.7 Å². The molecule has 0 fully saturated rings. The van der Waals surface area contributed by atoms with Gasteiger partial charge in [-0.25, -0.2) is 4.98 Å². The molecular weight excluding hydrogens is 276 g/mol. The summed E-state index contributed by atoms with van der Waals surface area (Å²) in [4.78, 5) is 16.5. The fourth-order valence-corrected chi connectivity index (χ4v) is 2.37. The van der Waals surface area contributed by atoms with Crippen molar-refractivity contribution in [3.63, 3.8) is 0 Å². The van der Waals surface area contributed by atoms with Gasteiger partial charge in [0, 0.05) is 17.9 Å². The lowest BCUT2D eigenvalue weighted by atomic mass is 10.2. The maximum absolute atomic E-state index is 11.8. The first-order valence-corrected chi connectivity index (χ1v) is 7.40. The number of pyridine rings is 1. The van der Waals surface area contributed by atoms with Gasteiger partial charge in [0.1, 0.15) is 5.82 Å². The van der Waals surface area contributed by atoms with Gasteiger partial charge >= 0.3 is 0 Å². The van der Waals surface area contributed by atoms with E-state index in [0.717, 1.165) is 23.0 Å². The third-order valence-corrected chi connectivity index (χ3v) is 3.38. The van der Waals surface area contributed by atoms with Crippen molar-refractivity contribution in [2.45, 2.75) is 26.7 Å². The van der Waals surface area contributed by atoms with Gasteiger partial charge in [-0.3, -0.25) is 4.79 Å². The van der Waals surface area contributed by atoms with Crippen LogP contribution in [0, 0.1) is 6.92 Å². The zero-order valence-electron chi connectivity index (χ0n) is 12.7. The topological polar surface area (TPSA) is 59.8 Å². The number of amides is 1. The van der Waals surface area contributed by atoms with Crippen molar-refractivity contribution in [3.05, 3.63) is 48.2 Å². The first kappa shape index (κ1) is 14.3. The van der Waals surface area contributed by atoms with Gasteiger partial charge in [0.15, 0.2) is 5.82 Å². The maximum Gasteiger partial charge on any atom is 0.225 e. The number of aryl methyl sites for hydroxylation is 1. The second-order valence-electron chi connectivity index (χ2n) is 5.24. The number of carbonyl (C=O) groups is 1. The van der Waals surface area contributed by atoms with Crippen LogP contribution in [0.2, 0.25) is 0 Å². The van der Waals surface area contributed by atoms with E-state index in [1.54, 1.807) is 4.68 Å². The molecule has 0 unspecified atom stereocenters. The first-order chi connectivity index (χ1) is 10.7. The summed E-state index contributed by atoms with van der Waals surface area (Å²) in [5.41, 5.74) is 1.74. The Morgan fingerprint density at radius 2 is 2.05 bits per heavy atom. The highest BCUT2D eigenvalue weighted by molar-refractivity contribution is 5.90. The van der Waals surface area contributed by atoms with Crippen LogP contribution in [0.15, 0.2) is 42.5 Å². The second kappa shape index (κ2) is 5.97. The minimum atomic E-state index is -0.00978. The van der Waals surface area contributed by atoms with Crippen molar-refractivity contribution in [1.82, 2.24) is 14.8 Å². The summed E-state index contributed by atoms with van der Waals surface area (Å²) in [6, 6.07) is 13.7. The molecule has 3 aromatic rings. The van der Waals surface area contributed by atoms with Crippen LogP contribution in [-0.2, 0) is 4.79 Å². The molecule has 0 saturated heterocycles. The van der Waals surface area contributed by atoms with Crippen LogP contribution in [0.25, 0.3) is 16.7 Å². The van der Waals surface area contributed by atoms with Crippen LogP contribution in [0.4, 0.5) is 5.82 Å². The highest BCUT2D eigenvalue weighted by Crippen LogP contribution is 2.19. The van der Waals surface area contributed by atoms with E-state index >= 15 is 0 Å². The first-order valence-electron chi connectivity index (χ1n) is 7.40. The number of nitrogens with zero attached hydrogens (tertiary/aromatic N) is 3. The minimum absolute atomic E-state index is 0.00978. The number of aromatic nitrogens is 3. The molecule has 0 aliphatic carbocycles. The summed E-state index contributed by atoms with van der Waals surface area (Å²) in [5.74, 6) is 1.33. The Morgan fingerprint density at radius 3 is 2.86 bits per heavy atom. The van der Waals surface area contributed by atoms with Gasteiger partial charge in [-0.15, -0.1) is 0 Å². The van der Waals surface area contributed by atoms with Gasteiger partial charge in [-0.1, -0.05) is 25.1 Å². The van der Waals surface area contributed by atoms with Crippen molar-refractivity contribution < 1.29 is 4.79 Å². The van der Waals surface area contributed by atoms with Crippen LogP contribution in [0.1, 0.15) is 25.5 Å². The van der Waals surface area contributed by atoms with Crippen molar-refractivity contribution in [1.29, 1.82) is 0 Å². The lowest BCUT2D eigenvalue weighted by Gasteiger charge is -2.08. The zero-order chi connectivity index (χ0) is 15.5. The van der Waals surface area contributed by atoms with Crippen molar-refractivity contribution in [3.8, 4) is 5.82 Å². The van der Waals surface area contributed by atoms with Crippen molar-refractivity contribution in [2.24, 2.45) is 0 Å². The van der Waals surface area contributed by atoms with Gasteiger partial charge in [0.2, 0.25) is 5.91 Å². The fourth-order valence-electron chi connectivity index (χ4n) is 2.37. The molecule has 3 rings (SSSR count). The average Bonchev–Trinajstić information content (AvgIpc) is 2.87. The number of anilines is 1. The highest BCUT2D eigenvalue weighted by atomic mass is 16.1. The number of rotatable bonds is 4. The molecule has 0 radical (unpaired) electrons. The van der Waals surface area contributed by atoms with Gasteiger partial charge in [0.05, 0.1) is 11.2 Å². The van der Waals surface area contributed by atoms with Crippen LogP contribution < -0.4 is 5.32 Å². The maximum atomic E-state index is 11.8. The van der Waals surface area contributed by atoms with E-state index in [1.165, 1.54) is 0 Å². The average molecular weight is 294 g/mol. The number of benzene rings is 1. The summed E-state index contributed by atoms with van der Waals surface area (Å²) >= 11 is 0. The lowest BCUT2D eigenvalue weighted by Crippen LogP contribution is -2.14. The molecule has 2 aromatic heterocycles. The Hall–Kier alpha value is -2.69. The van der Waals surface area contributed by atoms with Gasteiger partial charge in [-0.2, -0.15) is 9.78 Å². The summed E-state index contributed by atoms with van der Waals surface area (Å²) in [5, 5.41) is 8.42. The summed E-state index contributed by atoms with van der Waals surface area (Å²) < 4.78 is 1.68. The third kappa shape index (κ3) is 2.83. The van der Waals surface area contributed by atoms with Gasteiger partial charge < -0.3 is 5.32 Å². The highest BCUT2D eigenvalue weighted by Gasteiger charge is 2.11. The van der Waals surface area contributed by atoms with Gasteiger partial charge in [0.25, 0.3) is 0 Å². The van der Waals surface area contributed by atoms with Crippen molar-refractivity contribution >= 4 is 22.6 Å². The molecule has 1 aromatic carbocycles. The Balaban J connectivity index is 2.00. The monoisotopic (exact) mass is 294 g/mol. The SMILES string of the molecule is CCCC(=O)Nc1cc(C)nn1-c1ccc2ccccc2n1. The van der Waals surface area contributed by atoms with E-state index in [-0.39, 0.29) is 5.91 Å². The van der Waals surface area contributed by atoms with Crippen molar-refractivity contribution in [2.75, 3.05) is 5.32 Å². The molecule has 0 aliphatic rings. The molecule has 0 bridgehead atoms. The number of para-hydroxylation sites is 1. The Labute approximate surface area is 129 Å². The Morgan fingerprint density at radius 1 is 1.23 bits per heavy atom. The van der Waals surface area contributed by atoms with E-state index in [1.807, 2.05) is 56.3 Å². The molecule has 1 N–H and O–H groups in total. The molecule has 0 atom stereocenters. The molecule has 0 saturated carbocycles. The quantitative estimate of drug-likeness (QED) is 0.801. The van der Waals surface area contributed by atoms with Crippen LogP contribution in [0.5, 0.6) is 0 Å². The van der Waals surface area contributed by atoms with E-state index in [9.17, 15) is 4.79 Å². The molecule has 5 nitrogen and oxygen atoms in total. The smallest absolute Gasteiger partial charge is 0.225 e. The number of hydrogen-bond acceptors (Lipinski definition) is 3. The zero-order valence-corrected chi connectivity index (χ0v) is 12.7. The molecule has 2 heterocycles. The minimum Gasteiger partial charge on any atom is -0.311 e. The number of nitrogens with one attached hydrogen (secondary N) is 1. The molecule has 0 aliphatic heterocycles. The molecular formula is C17H18N4O. The standard InChI is InChI=1S/C17H18N4O/c1-3-6-17(22)19-16-11-12(2)20-21(16)15-10-9-13-7-4-5-8-14(13)18-15/h4-5,7-11H,3,6H2,1-2H3,(H,19,22). The summed E-state index contributed by atoms with van der Waals surface area (Å²) in [7, 11) is 0. The Bertz CT molecular complexity index is 822. The number of carbonyl (C=O) groups excluding carboxylic acids is 1. The van der Waals surface area contributed by atoms with E-state index in [2.05, 4.69) is 15.4 Å². The van der Waals surface area contributed by atoms with E-state index in [4.69, 9.17) is 0 Å². The molecule has 112 valence electrons. The molecule has 1 amide bonds. The number of hydrogen-bond donors (Lipinski definition) is 1. The fraction of sp³-hybridized carbons (Fsp3) is 0.235. The van der Waals surface area contributed by atoms with Gasteiger partial charge in [-0.05, 0) is 31.5 Å². The van der Waals surface area contributed by atoms with Crippen LogP contribution >= 0.6 is 0 Å². The normalized spacial score (nSPS) is 10.8. The predicted molar refractivity (Wildman–Crippen MR) is 87.1 cm³/mol. The lowest BCUT2D eigenvalue weighted by molar-refractivity contribution is -0.116. The number of fused-ring (bicyclic) bond motifs is 1. The predicted octanol–water partition coefficient (Wildman–Crippen LogP) is 3.47. The largest absolute Gasteiger partial charge is 0.311 e. The second-order valence-corrected chi connectivity index (χ2v) is 5.24. The van der Waals surface area contributed by atoms with E-state index < -0.39 is 0 Å². The summed E-state index contributed by atoms with van der Waals surface area (Å²) in [6.07, 6.45) is 1.31. The Kier molecular flexibility index (Phi) is 3.87.